The molecular weight excluding hydrogens is 414 g/mol. The highest BCUT2D eigenvalue weighted by Gasteiger charge is 2.26. The molecule has 0 spiro atoms. The van der Waals surface area contributed by atoms with Crippen LogP contribution in [0.5, 0.6) is 0 Å². The minimum atomic E-state index is -1.09. The molecule has 130 valence electrons. The molecule has 7 heteroatoms. The van der Waals surface area contributed by atoms with E-state index in [4.69, 9.17) is 11.6 Å². The fourth-order valence-corrected chi connectivity index (χ4v) is 3.67. The Kier molecular flexibility index (Phi) is 4.95. The number of nitrogens with zero attached hydrogens (tertiary/aromatic N) is 2. The van der Waals surface area contributed by atoms with Crippen molar-refractivity contribution in [3.8, 4) is 11.3 Å². The predicted octanol–water partition coefficient (Wildman–Crippen LogP) is 5.17. The molecule has 0 saturated heterocycles. The van der Waals surface area contributed by atoms with Gasteiger partial charge in [0.25, 0.3) is 0 Å². The molecule has 1 atom stereocenters. The third-order valence-corrected chi connectivity index (χ3v) is 5.08. The highest BCUT2D eigenvalue weighted by atomic mass is 79.9. The lowest BCUT2D eigenvalue weighted by atomic mass is 9.96. The van der Waals surface area contributed by atoms with E-state index in [9.17, 15) is 13.9 Å². The minimum Gasteiger partial charge on any atom is -0.383 e. The molecule has 3 rings (SSSR count). The highest BCUT2D eigenvalue weighted by molar-refractivity contribution is 9.10. The summed E-state index contributed by atoms with van der Waals surface area (Å²) >= 11 is 9.40. The number of rotatable bonds is 3. The van der Waals surface area contributed by atoms with Crippen LogP contribution in [0.2, 0.25) is 5.02 Å². The average Bonchev–Trinajstić information content (AvgIpc) is 2.83. The van der Waals surface area contributed by atoms with Crippen molar-refractivity contribution in [3.63, 3.8) is 0 Å². The lowest BCUT2D eigenvalue weighted by molar-refractivity contribution is 0.219. The lowest BCUT2D eigenvalue weighted by Gasteiger charge is -2.16. The molecule has 0 bridgehead atoms. The van der Waals surface area contributed by atoms with Crippen molar-refractivity contribution < 1.29 is 13.9 Å². The molecule has 3 aromatic rings. The Morgan fingerprint density at radius 1 is 1.24 bits per heavy atom. The van der Waals surface area contributed by atoms with Crippen molar-refractivity contribution in [2.75, 3.05) is 0 Å². The minimum absolute atomic E-state index is 0.0443. The van der Waals surface area contributed by atoms with Gasteiger partial charge in [-0.25, -0.2) is 8.78 Å². The number of aliphatic hydroxyl groups is 1. The molecule has 3 nitrogen and oxygen atoms in total. The van der Waals surface area contributed by atoms with E-state index in [0.29, 0.717) is 32.6 Å². The number of aryl methyl sites for hydroxylation is 2. The summed E-state index contributed by atoms with van der Waals surface area (Å²) in [5.41, 5.74) is 2.47. The molecule has 1 aromatic heterocycles. The SMILES string of the molecule is Cc1nn(C)c(-c2cccc(F)c2Cl)c1C(O)c1ccc(F)cc1Br. The maximum atomic E-state index is 13.9. The summed E-state index contributed by atoms with van der Waals surface area (Å²) < 4.78 is 29.2. The Morgan fingerprint density at radius 3 is 2.64 bits per heavy atom. The van der Waals surface area contributed by atoms with Gasteiger partial charge in [0, 0.05) is 22.6 Å². The predicted molar refractivity (Wildman–Crippen MR) is 96.5 cm³/mol. The van der Waals surface area contributed by atoms with Crippen LogP contribution in [0, 0.1) is 18.6 Å². The number of hydrogen-bond donors (Lipinski definition) is 1. The van der Waals surface area contributed by atoms with Crippen molar-refractivity contribution in [2.24, 2.45) is 7.05 Å². The highest BCUT2D eigenvalue weighted by Crippen LogP contribution is 2.39. The van der Waals surface area contributed by atoms with E-state index < -0.39 is 17.7 Å². The van der Waals surface area contributed by atoms with Crippen LogP contribution in [-0.4, -0.2) is 14.9 Å². The molecule has 1 N–H and O–H groups in total. The van der Waals surface area contributed by atoms with Gasteiger partial charge in [-0.1, -0.05) is 45.7 Å². The van der Waals surface area contributed by atoms with Gasteiger partial charge in [0.2, 0.25) is 0 Å². The number of halogens is 4. The van der Waals surface area contributed by atoms with E-state index in [1.165, 1.54) is 24.3 Å². The van der Waals surface area contributed by atoms with Crippen LogP contribution in [0.3, 0.4) is 0 Å². The first-order valence-electron chi connectivity index (χ1n) is 7.42. The molecule has 0 radical (unpaired) electrons. The van der Waals surface area contributed by atoms with Gasteiger partial charge < -0.3 is 5.11 Å². The topological polar surface area (TPSA) is 38.0 Å². The van der Waals surface area contributed by atoms with Crippen LogP contribution in [0.1, 0.15) is 22.9 Å². The molecule has 0 amide bonds. The van der Waals surface area contributed by atoms with Gasteiger partial charge in [0.05, 0.1) is 16.4 Å². The number of aliphatic hydroxyl groups excluding tert-OH is 1. The number of aromatic nitrogens is 2. The summed E-state index contributed by atoms with van der Waals surface area (Å²) in [6.45, 7) is 1.74. The van der Waals surface area contributed by atoms with Crippen molar-refractivity contribution in [1.82, 2.24) is 9.78 Å². The van der Waals surface area contributed by atoms with E-state index in [0.717, 1.165) is 0 Å². The fourth-order valence-electron chi connectivity index (χ4n) is 2.89. The Labute approximate surface area is 157 Å². The lowest BCUT2D eigenvalue weighted by Crippen LogP contribution is -2.05. The summed E-state index contributed by atoms with van der Waals surface area (Å²) in [6.07, 6.45) is -1.09. The van der Waals surface area contributed by atoms with Crippen LogP contribution in [0.15, 0.2) is 40.9 Å². The Morgan fingerprint density at radius 2 is 1.96 bits per heavy atom. The molecule has 1 unspecified atom stereocenters. The largest absolute Gasteiger partial charge is 0.383 e. The Bertz CT molecular complexity index is 958. The molecule has 0 fully saturated rings. The zero-order chi connectivity index (χ0) is 18.3. The summed E-state index contributed by atoms with van der Waals surface area (Å²) in [5.74, 6) is -0.972. The van der Waals surface area contributed by atoms with Crippen molar-refractivity contribution in [1.29, 1.82) is 0 Å². The quantitative estimate of drug-likeness (QED) is 0.626. The normalized spacial score (nSPS) is 12.4. The second kappa shape index (κ2) is 6.86. The van der Waals surface area contributed by atoms with Gasteiger partial charge in [0.15, 0.2) is 0 Å². The van der Waals surface area contributed by atoms with Gasteiger partial charge in [0.1, 0.15) is 17.7 Å². The van der Waals surface area contributed by atoms with E-state index in [1.54, 1.807) is 30.8 Å². The van der Waals surface area contributed by atoms with Crippen LogP contribution < -0.4 is 0 Å². The van der Waals surface area contributed by atoms with Crippen molar-refractivity contribution >= 4 is 27.5 Å². The summed E-state index contributed by atoms with van der Waals surface area (Å²) in [6, 6.07) is 8.51. The second-order valence-corrected chi connectivity index (χ2v) is 6.87. The first-order valence-corrected chi connectivity index (χ1v) is 8.59. The third kappa shape index (κ3) is 3.21. The maximum Gasteiger partial charge on any atom is 0.142 e. The van der Waals surface area contributed by atoms with Gasteiger partial charge >= 0.3 is 0 Å². The molecule has 0 aliphatic carbocycles. The van der Waals surface area contributed by atoms with E-state index in [1.807, 2.05) is 0 Å². The molecule has 0 saturated carbocycles. The Hall–Kier alpha value is -1.76. The van der Waals surface area contributed by atoms with E-state index in [-0.39, 0.29) is 5.02 Å². The van der Waals surface area contributed by atoms with Gasteiger partial charge in [-0.05, 0) is 30.7 Å². The zero-order valence-electron chi connectivity index (χ0n) is 13.4. The fraction of sp³-hybridized carbons (Fsp3) is 0.167. The molecule has 0 aliphatic rings. The number of hydrogen-bond acceptors (Lipinski definition) is 2. The molecule has 1 heterocycles. The summed E-state index contributed by atoms with van der Waals surface area (Å²) in [7, 11) is 1.69. The summed E-state index contributed by atoms with van der Waals surface area (Å²) in [5, 5.41) is 15.2. The Balaban J connectivity index is 2.22. The molecule has 0 aliphatic heterocycles. The van der Waals surface area contributed by atoms with E-state index in [2.05, 4.69) is 21.0 Å². The summed E-state index contributed by atoms with van der Waals surface area (Å²) in [4.78, 5) is 0. The van der Waals surface area contributed by atoms with Crippen molar-refractivity contribution in [3.05, 3.63) is 74.3 Å². The van der Waals surface area contributed by atoms with E-state index >= 15 is 0 Å². The third-order valence-electron chi connectivity index (χ3n) is 4.01. The maximum absolute atomic E-state index is 13.9. The monoisotopic (exact) mass is 426 g/mol. The van der Waals surface area contributed by atoms with Gasteiger partial charge in [-0.2, -0.15) is 5.10 Å². The molecule has 25 heavy (non-hydrogen) atoms. The van der Waals surface area contributed by atoms with Gasteiger partial charge in [-0.15, -0.1) is 0 Å². The van der Waals surface area contributed by atoms with Crippen LogP contribution in [-0.2, 0) is 7.05 Å². The first kappa shape index (κ1) is 18.0. The molecule has 2 aromatic carbocycles. The van der Waals surface area contributed by atoms with Crippen molar-refractivity contribution in [2.45, 2.75) is 13.0 Å². The molecular formula is C18H14BrClF2N2O. The smallest absolute Gasteiger partial charge is 0.142 e. The van der Waals surface area contributed by atoms with Gasteiger partial charge in [-0.3, -0.25) is 4.68 Å². The van der Waals surface area contributed by atoms with Crippen LogP contribution in [0.4, 0.5) is 8.78 Å². The average molecular weight is 428 g/mol. The van der Waals surface area contributed by atoms with Crippen LogP contribution in [0.25, 0.3) is 11.3 Å². The van der Waals surface area contributed by atoms with Crippen LogP contribution >= 0.6 is 27.5 Å². The zero-order valence-corrected chi connectivity index (χ0v) is 15.7. The number of benzene rings is 2. The second-order valence-electron chi connectivity index (χ2n) is 5.64. The first-order chi connectivity index (χ1) is 11.8. The standard InChI is InChI=1S/C18H14BrClF2N2O/c1-9-15(18(25)11-7-6-10(21)8-13(11)19)17(24(2)23-9)12-4-3-5-14(22)16(12)20/h3-8,18,25H,1-2H3.